The van der Waals surface area contributed by atoms with Crippen LogP contribution in [0.25, 0.3) is 0 Å². The van der Waals surface area contributed by atoms with E-state index in [0.717, 1.165) is 90.1 Å². The van der Waals surface area contributed by atoms with Crippen molar-refractivity contribution in [2.45, 2.75) is 127 Å². The van der Waals surface area contributed by atoms with Crippen LogP contribution in [0.15, 0.2) is 18.2 Å². The molecule has 50 heavy (non-hydrogen) atoms. The van der Waals surface area contributed by atoms with Crippen molar-refractivity contribution in [2.24, 2.45) is 23.2 Å². The normalized spacial score (nSPS) is 29.3. The molecule has 3 fully saturated rings. The van der Waals surface area contributed by atoms with Gasteiger partial charge in [-0.05, 0) is 111 Å². The molecule has 0 radical (unpaired) electrons. The van der Waals surface area contributed by atoms with Crippen LogP contribution in [0.4, 0.5) is 26.7 Å². The van der Waals surface area contributed by atoms with Gasteiger partial charge in [-0.2, -0.15) is 22.0 Å². The number of alkyl halides is 5. The second-order valence-electron chi connectivity index (χ2n) is 15.8. The zero-order valence-corrected chi connectivity index (χ0v) is 30.6. The lowest BCUT2D eigenvalue weighted by Gasteiger charge is -2.53. The number of unbranched alkanes of at least 4 members (excludes halogenated alkanes) is 6. The Bertz CT molecular complexity index is 1310. The zero-order chi connectivity index (χ0) is 36.1. The number of halogens is 5. The minimum Gasteiger partial charge on any atom is -0.410 e. The summed E-state index contributed by atoms with van der Waals surface area (Å²) in [5.74, 6) is -1.86. The lowest BCUT2D eigenvalue weighted by atomic mass is 9.52. The number of aliphatic hydroxyl groups is 1. The predicted molar refractivity (Wildman–Crippen MR) is 186 cm³/mol. The van der Waals surface area contributed by atoms with Crippen LogP contribution < -0.4 is 4.74 Å². The quantitative estimate of drug-likeness (QED) is 0.144. The van der Waals surface area contributed by atoms with Crippen molar-refractivity contribution in [3.05, 3.63) is 29.3 Å². The van der Waals surface area contributed by atoms with Crippen molar-refractivity contribution in [2.75, 3.05) is 44.7 Å². The van der Waals surface area contributed by atoms with E-state index in [2.05, 4.69) is 31.0 Å². The molecule has 0 bridgehead atoms. The lowest BCUT2D eigenvalue weighted by Crippen LogP contribution is -2.48. The predicted octanol–water partition coefficient (Wildman–Crippen LogP) is 8.72. The smallest absolute Gasteiger partial charge is 0.410 e. The first kappa shape index (κ1) is 39.4. The van der Waals surface area contributed by atoms with Crippen LogP contribution in [0.5, 0.6) is 5.75 Å². The second-order valence-corrected chi connectivity index (χ2v) is 17.5. The van der Waals surface area contributed by atoms with E-state index in [0.29, 0.717) is 54.7 Å². The highest BCUT2D eigenvalue weighted by Crippen LogP contribution is 2.62. The second kappa shape index (κ2) is 16.9. The molecule has 1 saturated heterocycles. The van der Waals surface area contributed by atoms with Crippen molar-refractivity contribution in [3.8, 4) is 5.75 Å². The van der Waals surface area contributed by atoms with Crippen molar-refractivity contribution in [1.29, 1.82) is 0 Å². The largest absolute Gasteiger partial charge is 0.453 e. The van der Waals surface area contributed by atoms with Gasteiger partial charge in [-0.1, -0.05) is 51.5 Å². The van der Waals surface area contributed by atoms with E-state index in [1.165, 1.54) is 11.1 Å². The van der Waals surface area contributed by atoms with Gasteiger partial charge in [0.2, 0.25) is 0 Å². The molecule has 3 aliphatic carbocycles. The fourth-order valence-electron chi connectivity index (χ4n) is 9.49. The van der Waals surface area contributed by atoms with Crippen LogP contribution >= 0.6 is 0 Å². The summed E-state index contributed by atoms with van der Waals surface area (Å²) in [6.45, 7) is 5.33. The maximum Gasteiger partial charge on any atom is 0.453 e. The van der Waals surface area contributed by atoms with Crippen LogP contribution in [0.1, 0.15) is 114 Å². The van der Waals surface area contributed by atoms with E-state index < -0.39 is 35.7 Å². The van der Waals surface area contributed by atoms with Gasteiger partial charge < -0.3 is 19.6 Å². The molecule has 7 unspecified atom stereocenters. The van der Waals surface area contributed by atoms with Gasteiger partial charge in [0.25, 0.3) is 0 Å². The summed E-state index contributed by atoms with van der Waals surface area (Å²) in [4.78, 5) is 16.9. The van der Waals surface area contributed by atoms with Crippen LogP contribution in [0.2, 0.25) is 0 Å². The molecular weight excluding hydrogens is 675 g/mol. The first-order valence-electron chi connectivity index (χ1n) is 19.0. The number of carbonyl (C=O) groups excluding carboxylic acids is 1. The van der Waals surface area contributed by atoms with E-state index in [4.69, 9.17) is 4.74 Å². The Labute approximate surface area is 297 Å². The third-order valence-electron chi connectivity index (χ3n) is 12.5. The average Bonchev–Trinajstić information content (AvgIpc) is 3.37. The van der Waals surface area contributed by atoms with Crippen molar-refractivity contribution >= 4 is 16.9 Å². The van der Waals surface area contributed by atoms with Gasteiger partial charge in [0, 0.05) is 54.9 Å². The van der Waals surface area contributed by atoms with Gasteiger partial charge in [0.05, 0.1) is 6.10 Å². The number of amides is 1. The molecule has 1 aromatic carbocycles. The zero-order valence-electron chi connectivity index (χ0n) is 29.8. The Balaban J connectivity index is 1.08. The Kier molecular flexibility index (Phi) is 13.3. The molecule has 5 rings (SSSR count). The van der Waals surface area contributed by atoms with E-state index >= 15 is 0 Å². The number of hydrogen-bond donors (Lipinski definition) is 1. The van der Waals surface area contributed by atoms with Crippen LogP contribution in [-0.4, -0.2) is 88.1 Å². The molecule has 0 spiro atoms. The summed E-state index contributed by atoms with van der Waals surface area (Å²) in [5, 5.41) is 11.0. The number of benzene rings is 1. The number of carbonyl (C=O) groups is 1. The summed E-state index contributed by atoms with van der Waals surface area (Å²) in [6.07, 6.45) is 5.31. The van der Waals surface area contributed by atoms with Crippen molar-refractivity contribution < 1.29 is 40.8 Å². The van der Waals surface area contributed by atoms with Gasteiger partial charge >= 0.3 is 18.2 Å². The topological polar surface area (TPSA) is 70.1 Å². The first-order valence-corrected chi connectivity index (χ1v) is 20.4. The molecule has 2 saturated carbocycles. The number of ether oxygens (including phenoxy) is 1. The number of likely N-dealkylation sites (N-methyl/N-ethyl adjacent to an activating group) is 1. The van der Waals surface area contributed by atoms with Crippen LogP contribution in [0, 0.1) is 23.2 Å². The Morgan fingerprint density at radius 2 is 1.60 bits per heavy atom. The van der Waals surface area contributed by atoms with E-state index in [9.17, 15) is 36.1 Å². The molecule has 1 aromatic rings. The first-order chi connectivity index (χ1) is 23.7. The van der Waals surface area contributed by atoms with Gasteiger partial charge in [-0.25, -0.2) is 4.79 Å². The fraction of sp³-hybridized carbons (Fsp3) is 0.816. The Morgan fingerprint density at radius 1 is 0.940 bits per heavy atom. The van der Waals surface area contributed by atoms with Gasteiger partial charge in [0.1, 0.15) is 5.75 Å². The standard InChI is InChI=1S/C38H57F5N2O4S/c1-36-18-16-31-30-13-12-29(49-35(47)45-21-19-44(2)20-22-45)26-28(30)25-27(34(31)32(36)14-15-33(36)46)11-8-6-4-3-5-7-9-23-50(48)24-10-17-37(39,40)38(41,42)43/h12-13,26-27,31-34,46H,3-11,14-25H2,1-2H3. The van der Waals surface area contributed by atoms with E-state index in [1.54, 1.807) is 4.90 Å². The Hall–Kier alpha value is -1.79. The summed E-state index contributed by atoms with van der Waals surface area (Å²) in [5.41, 5.74) is 2.68. The summed E-state index contributed by atoms with van der Waals surface area (Å²) < 4.78 is 81.0. The third-order valence-corrected chi connectivity index (χ3v) is 14.0. The SMILES string of the molecule is CN1CCN(C(=O)Oc2ccc3c(c2)CC(CCCCCCCCCS(=O)CCCC(F)(F)C(F)(F)F)C2C3CCC3(C)C(O)CCC23)CC1. The van der Waals surface area contributed by atoms with E-state index in [1.807, 2.05) is 6.07 Å². The van der Waals surface area contributed by atoms with Crippen molar-refractivity contribution in [3.63, 3.8) is 0 Å². The maximum atomic E-state index is 13.0. The molecule has 4 aliphatic rings. The number of fused-ring (bicyclic) bond motifs is 5. The van der Waals surface area contributed by atoms with Crippen LogP contribution in [-0.2, 0) is 17.2 Å². The number of nitrogens with zero attached hydrogens (tertiary/aromatic N) is 2. The minimum absolute atomic E-state index is 0.0211. The van der Waals surface area contributed by atoms with Crippen LogP contribution in [0.3, 0.4) is 0 Å². The van der Waals surface area contributed by atoms with Crippen molar-refractivity contribution in [1.82, 2.24) is 9.80 Å². The number of hydrogen-bond acceptors (Lipinski definition) is 5. The highest BCUT2D eigenvalue weighted by molar-refractivity contribution is 7.84. The molecule has 6 nitrogen and oxygen atoms in total. The molecule has 1 amide bonds. The van der Waals surface area contributed by atoms with Gasteiger partial charge in [0.15, 0.2) is 0 Å². The van der Waals surface area contributed by atoms with Gasteiger partial charge in [-0.3, -0.25) is 4.21 Å². The summed E-state index contributed by atoms with van der Waals surface area (Å²) >= 11 is 0. The van der Waals surface area contributed by atoms with E-state index in [-0.39, 0.29) is 23.4 Å². The highest BCUT2D eigenvalue weighted by Gasteiger charge is 2.57. The number of piperazine rings is 1. The monoisotopic (exact) mass is 732 g/mol. The molecule has 1 heterocycles. The Morgan fingerprint density at radius 3 is 2.30 bits per heavy atom. The molecule has 0 aromatic heterocycles. The maximum absolute atomic E-state index is 13.0. The number of aliphatic hydroxyl groups excluding tert-OH is 1. The molecule has 12 heteroatoms. The summed E-state index contributed by atoms with van der Waals surface area (Å²) in [6, 6.07) is 6.28. The minimum atomic E-state index is -5.55. The molecule has 284 valence electrons. The molecular formula is C38H57F5N2O4S. The number of rotatable bonds is 15. The summed E-state index contributed by atoms with van der Waals surface area (Å²) in [7, 11) is 0.685. The lowest BCUT2D eigenvalue weighted by molar-refractivity contribution is -0.284. The fourth-order valence-corrected chi connectivity index (χ4v) is 10.7. The molecule has 1 aliphatic heterocycles. The molecule has 7 atom stereocenters. The van der Waals surface area contributed by atoms with Gasteiger partial charge in [-0.15, -0.1) is 0 Å². The third kappa shape index (κ3) is 9.41. The molecule has 1 N–H and O–H groups in total. The average molecular weight is 733 g/mol. The highest BCUT2D eigenvalue weighted by atomic mass is 32.2.